The zero-order valence-corrected chi connectivity index (χ0v) is 23.0. The zero-order valence-electron chi connectivity index (χ0n) is 23.0. The highest BCUT2D eigenvalue weighted by atomic mass is 19.3. The van der Waals surface area contributed by atoms with E-state index in [1.165, 1.54) is 30.3 Å². The minimum absolute atomic E-state index is 0.105. The van der Waals surface area contributed by atoms with Gasteiger partial charge in [0.25, 0.3) is 5.92 Å². The van der Waals surface area contributed by atoms with Gasteiger partial charge in [0, 0.05) is 28.8 Å². The largest absolute Gasteiger partial charge is 0.503 e. The van der Waals surface area contributed by atoms with Crippen LogP contribution in [0.4, 0.5) is 22.0 Å². The minimum atomic E-state index is -3.71. The normalized spacial score (nSPS) is 12.1. The van der Waals surface area contributed by atoms with Crippen LogP contribution in [0.1, 0.15) is 39.4 Å². The second-order valence-corrected chi connectivity index (χ2v) is 9.78. The molecular formula is C31H17B2F5N6O. The summed E-state index contributed by atoms with van der Waals surface area (Å²) >= 11 is 0. The highest BCUT2D eigenvalue weighted by Crippen LogP contribution is 2.43. The summed E-state index contributed by atoms with van der Waals surface area (Å²) in [5.41, 5.74) is -0.318. The Morgan fingerprint density at radius 2 is 1.62 bits per heavy atom. The van der Waals surface area contributed by atoms with E-state index in [1.807, 2.05) is 0 Å². The highest BCUT2D eigenvalue weighted by Gasteiger charge is 2.45. The van der Waals surface area contributed by atoms with Gasteiger partial charge in [0.15, 0.2) is 0 Å². The van der Waals surface area contributed by atoms with Crippen LogP contribution in [0.2, 0.25) is 0 Å². The van der Waals surface area contributed by atoms with Crippen molar-refractivity contribution in [3.8, 4) is 23.7 Å². The lowest BCUT2D eigenvalue weighted by atomic mass is 9.61. The highest BCUT2D eigenvalue weighted by molar-refractivity contribution is 6.39. The number of ether oxygens (including phenoxy) is 1. The van der Waals surface area contributed by atoms with Gasteiger partial charge < -0.3 is 4.74 Å². The van der Waals surface area contributed by atoms with E-state index in [9.17, 15) is 13.2 Å². The molecule has 0 aliphatic rings. The number of alkyl halides is 2. The van der Waals surface area contributed by atoms with E-state index in [1.54, 1.807) is 18.2 Å². The SMILES string of the molecule is [B]C([B])(Oc1ccc(C#Cc2ccc(C(F)(F)C(Cn3cnnn3)c3ccc(F)cc3F)nc2)cc1)c1ccc(C#N)c(F)c1. The second-order valence-electron chi connectivity index (χ2n) is 9.78. The number of nitriles is 1. The number of pyridine rings is 1. The summed E-state index contributed by atoms with van der Waals surface area (Å²) in [6.45, 7) is -0.509. The van der Waals surface area contributed by atoms with Crippen LogP contribution in [-0.4, -0.2) is 40.9 Å². The van der Waals surface area contributed by atoms with Crippen LogP contribution in [0.25, 0.3) is 0 Å². The molecule has 0 aliphatic carbocycles. The van der Waals surface area contributed by atoms with E-state index >= 15 is 8.78 Å². The third-order valence-electron chi connectivity index (χ3n) is 6.67. The summed E-state index contributed by atoms with van der Waals surface area (Å²) in [5.74, 6) is -2.44. The maximum Gasteiger partial charge on any atom is 0.298 e. The second kappa shape index (κ2) is 12.6. The van der Waals surface area contributed by atoms with Crippen LogP contribution in [0.15, 0.2) is 85.3 Å². The molecule has 0 amide bonds. The van der Waals surface area contributed by atoms with Crippen molar-refractivity contribution in [2.75, 3.05) is 0 Å². The maximum absolute atomic E-state index is 15.8. The number of nitrogens with zero attached hydrogens (tertiary/aromatic N) is 6. The summed E-state index contributed by atoms with van der Waals surface area (Å²) < 4.78 is 80.3. The van der Waals surface area contributed by atoms with E-state index in [0.29, 0.717) is 17.2 Å². The van der Waals surface area contributed by atoms with Gasteiger partial charge in [-0.3, -0.25) is 4.98 Å². The fourth-order valence-corrected chi connectivity index (χ4v) is 4.34. The van der Waals surface area contributed by atoms with Crippen molar-refractivity contribution in [2.24, 2.45) is 0 Å². The van der Waals surface area contributed by atoms with E-state index < -0.39 is 52.5 Å². The van der Waals surface area contributed by atoms with Gasteiger partial charge in [-0.15, -0.1) is 5.10 Å². The number of halogens is 5. The summed E-state index contributed by atoms with van der Waals surface area (Å²) in [5, 5.41) is 17.4. The summed E-state index contributed by atoms with van der Waals surface area (Å²) in [7, 11) is 12.0. The van der Waals surface area contributed by atoms with Crippen molar-refractivity contribution >= 4 is 15.7 Å². The molecule has 5 aromatic rings. The van der Waals surface area contributed by atoms with Crippen LogP contribution in [-0.2, 0) is 17.9 Å². The Bertz CT molecular complexity index is 1920. The first-order chi connectivity index (χ1) is 21.5. The molecule has 0 bridgehead atoms. The van der Waals surface area contributed by atoms with Crippen molar-refractivity contribution in [3.05, 3.63) is 136 Å². The zero-order chi connectivity index (χ0) is 32.2. The molecule has 5 rings (SSSR count). The molecule has 0 N–H and O–H groups in total. The Balaban J connectivity index is 1.31. The average Bonchev–Trinajstić information content (AvgIpc) is 3.53. The van der Waals surface area contributed by atoms with Crippen molar-refractivity contribution in [1.29, 1.82) is 5.26 Å². The third-order valence-corrected chi connectivity index (χ3v) is 6.67. The van der Waals surface area contributed by atoms with Crippen molar-refractivity contribution in [1.82, 2.24) is 25.2 Å². The average molecular weight is 606 g/mol. The minimum Gasteiger partial charge on any atom is -0.503 e. The number of hydrogen-bond donors (Lipinski definition) is 0. The van der Waals surface area contributed by atoms with Gasteiger partial charge in [0.2, 0.25) is 0 Å². The first-order valence-corrected chi connectivity index (χ1v) is 13.1. The Hall–Kier alpha value is -5.49. The Kier molecular flexibility index (Phi) is 8.68. The lowest BCUT2D eigenvalue weighted by Gasteiger charge is -2.28. The van der Waals surface area contributed by atoms with Gasteiger partial charge in [0.05, 0.1) is 18.0 Å². The van der Waals surface area contributed by atoms with Crippen molar-refractivity contribution in [3.63, 3.8) is 0 Å². The smallest absolute Gasteiger partial charge is 0.298 e. The summed E-state index contributed by atoms with van der Waals surface area (Å²) in [4.78, 5) is 3.88. The van der Waals surface area contributed by atoms with Gasteiger partial charge in [-0.1, -0.05) is 24.0 Å². The number of aromatic nitrogens is 5. The predicted octanol–water partition coefficient (Wildman–Crippen LogP) is 4.86. The van der Waals surface area contributed by atoms with E-state index in [-0.39, 0.29) is 16.9 Å². The first-order valence-electron chi connectivity index (χ1n) is 13.1. The number of rotatable bonds is 8. The van der Waals surface area contributed by atoms with Crippen LogP contribution >= 0.6 is 0 Å². The molecule has 7 nitrogen and oxygen atoms in total. The van der Waals surface area contributed by atoms with Gasteiger partial charge in [0.1, 0.15) is 57.0 Å². The topological polar surface area (TPSA) is 89.5 Å². The van der Waals surface area contributed by atoms with Crippen LogP contribution in [0.3, 0.4) is 0 Å². The molecular weight excluding hydrogens is 589 g/mol. The summed E-state index contributed by atoms with van der Waals surface area (Å²) in [6, 6.07) is 16.4. The predicted molar refractivity (Wildman–Crippen MR) is 152 cm³/mol. The van der Waals surface area contributed by atoms with Crippen molar-refractivity contribution < 1.29 is 26.7 Å². The van der Waals surface area contributed by atoms with Gasteiger partial charge >= 0.3 is 0 Å². The maximum atomic E-state index is 15.8. The Morgan fingerprint density at radius 1 is 0.889 bits per heavy atom. The molecule has 0 aliphatic heterocycles. The summed E-state index contributed by atoms with van der Waals surface area (Å²) in [6.07, 6.45) is 2.25. The molecule has 0 saturated carbocycles. The Labute approximate surface area is 256 Å². The molecule has 2 aromatic heterocycles. The van der Waals surface area contributed by atoms with Gasteiger partial charge in [-0.2, -0.15) is 14.0 Å². The first kappa shape index (κ1) is 31.0. The number of tetrazole rings is 1. The molecule has 1 unspecified atom stereocenters. The lowest BCUT2D eigenvalue weighted by molar-refractivity contribution is -0.0455. The molecule has 14 heteroatoms. The molecule has 0 spiro atoms. The molecule has 4 radical (unpaired) electrons. The van der Waals surface area contributed by atoms with Crippen LogP contribution in [0, 0.1) is 40.6 Å². The molecule has 45 heavy (non-hydrogen) atoms. The third kappa shape index (κ3) is 7.02. The molecule has 218 valence electrons. The number of hydrogen-bond acceptors (Lipinski definition) is 6. The molecule has 1 atom stereocenters. The van der Waals surface area contributed by atoms with Crippen molar-refractivity contribution in [2.45, 2.75) is 23.8 Å². The van der Waals surface area contributed by atoms with Gasteiger partial charge in [-0.05, 0) is 76.2 Å². The molecule has 3 aromatic carbocycles. The van der Waals surface area contributed by atoms with Gasteiger partial charge in [-0.25, -0.2) is 17.9 Å². The van der Waals surface area contributed by atoms with E-state index in [4.69, 9.17) is 25.7 Å². The Morgan fingerprint density at radius 3 is 2.24 bits per heavy atom. The molecule has 0 fully saturated rings. The quantitative estimate of drug-likeness (QED) is 0.143. The molecule has 0 saturated heterocycles. The van der Waals surface area contributed by atoms with Crippen LogP contribution < -0.4 is 4.74 Å². The lowest BCUT2D eigenvalue weighted by Crippen LogP contribution is -2.34. The van der Waals surface area contributed by atoms with E-state index in [0.717, 1.165) is 41.5 Å². The molecule has 2 heterocycles. The standard InChI is InChI=1S/C31H17B2F5N6O/c32-31(33,22-7-6-21(15-39)27(35)13-22)45-24-9-3-19(4-10-24)1-2-20-5-12-29(40-16-20)30(37,38)26(17-44-18-41-42-43-44)25-11-8-23(34)14-28(25)36/h3-14,16,18,26H,17H2. The number of benzene rings is 3. The van der Waals surface area contributed by atoms with E-state index in [2.05, 4.69) is 32.4 Å². The fourth-order valence-electron chi connectivity index (χ4n) is 4.34. The fraction of sp³-hybridized carbons (Fsp3) is 0.129. The monoisotopic (exact) mass is 606 g/mol. The van der Waals surface area contributed by atoms with Crippen LogP contribution in [0.5, 0.6) is 5.75 Å².